The van der Waals surface area contributed by atoms with E-state index in [1.54, 1.807) is 0 Å². The quantitative estimate of drug-likeness (QED) is 0.839. The third-order valence-electron chi connectivity index (χ3n) is 3.72. The Morgan fingerprint density at radius 3 is 2.71 bits per heavy atom. The molecule has 1 aliphatic heterocycles. The lowest BCUT2D eigenvalue weighted by molar-refractivity contribution is -0.159. The molecule has 0 bridgehead atoms. The average Bonchev–Trinajstić information content (AvgIpc) is 2.97. The van der Waals surface area contributed by atoms with E-state index in [4.69, 9.17) is 21.1 Å². The molecule has 6 heteroatoms. The molecule has 1 heterocycles. The molecular formula is C18H18ClNO3S. The molecule has 3 rings (SSSR count). The lowest BCUT2D eigenvalue weighted by Gasteiger charge is -2.24. The number of amides is 1. The number of carbonyl (C=O) groups is 1. The molecule has 2 aromatic carbocycles. The van der Waals surface area contributed by atoms with Gasteiger partial charge in [-0.1, -0.05) is 59.8 Å². The minimum Gasteiger partial charge on any atom is -0.343 e. The van der Waals surface area contributed by atoms with Crippen LogP contribution in [-0.4, -0.2) is 23.7 Å². The van der Waals surface area contributed by atoms with Gasteiger partial charge in [0.2, 0.25) is 0 Å². The fourth-order valence-corrected chi connectivity index (χ4v) is 3.53. The number of nitrogens with one attached hydrogen (secondary N) is 1. The summed E-state index contributed by atoms with van der Waals surface area (Å²) in [5, 5.41) is 3.33. The number of carbonyl (C=O) groups excluding carboxylic acids is 1. The number of ether oxygens (including phenoxy) is 2. The van der Waals surface area contributed by atoms with Gasteiger partial charge in [0.25, 0.3) is 5.24 Å². The summed E-state index contributed by atoms with van der Waals surface area (Å²) in [5.74, 6) is -0.363. The van der Waals surface area contributed by atoms with E-state index in [2.05, 4.69) is 5.32 Å². The maximum atomic E-state index is 12.0. The Labute approximate surface area is 150 Å². The minimum absolute atomic E-state index is 0.115. The topological polar surface area (TPSA) is 47.6 Å². The molecule has 1 fully saturated rings. The van der Waals surface area contributed by atoms with Gasteiger partial charge in [0.15, 0.2) is 5.79 Å². The minimum atomic E-state index is -0.876. The van der Waals surface area contributed by atoms with Gasteiger partial charge in [0, 0.05) is 22.0 Å². The molecule has 0 aliphatic carbocycles. The molecule has 0 saturated carbocycles. The third-order valence-corrected chi connectivity index (χ3v) is 4.95. The summed E-state index contributed by atoms with van der Waals surface area (Å²) in [4.78, 5) is 12.0. The monoisotopic (exact) mass is 363 g/mol. The van der Waals surface area contributed by atoms with Crippen molar-refractivity contribution < 1.29 is 14.3 Å². The molecule has 1 N–H and O–H groups in total. The molecular weight excluding hydrogens is 346 g/mol. The van der Waals surface area contributed by atoms with Crippen molar-refractivity contribution in [2.45, 2.75) is 18.8 Å². The second kappa shape index (κ2) is 7.57. The number of rotatable bonds is 4. The van der Waals surface area contributed by atoms with E-state index < -0.39 is 5.79 Å². The first-order valence-electron chi connectivity index (χ1n) is 7.62. The second-order valence-corrected chi connectivity index (χ2v) is 6.97. The molecule has 1 aliphatic rings. The summed E-state index contributed by atoms with van der Waals surface area (Å²) in [6.45, 7) is 2.27. The summed E-state index contributed by atoms with van der Waals surface area (Å²) in [6.07, 6.45) is -0.169. The highest BCUT2D eigenvalue weighted by atomic mass is 35.5. The Morgan fingerprint density at radius 2 is 1.96 bits per heavy atom. The molecule has 0 spiro atoms. The van der Waals surface area contributed by atoms with Crippen LogP contribution in [0.1, 0.15) is 12.5 Å². The average molecular weight is 364 g/mol. The van der Waals surface area contributed by atoms with Gasteiger partial charge in [0.05, 0.1) is 12.7 Å². The van der Waals surface area contributed by atoms with Gasteiger partial charge in [-0.05, 0) is 25.1 Å². The van der Waals surface area contributed by atoms with Crippen LogP contribution in [0.4, 0.5) is 10.5 Å². The van der Waals surface area contributed by atoms with Crippen molar-refractivity contribution in [3.63, 3.8) is 0 Å². The van der Waals surface area contributed by atoms with Crippen LogP contribution in [0.3, 0.4) is 0 Å². The van der Waals surface area contributed by atoms with Gasteiger partial charge in [0.1, 0.15) is 0 Å². The van der Waals surface area contributed by atoms with E-state index in [-0.39, 0.29) is 11.3 Å². The summed E-state index contributed by atoms with van der Waals surface area (Å²) >= 11 is 7.41. The molecule has 24 heavy (non-hydrogen) atoms. The Hall–Kier alpha value is -1.53. The predicted molar refractivity (Wildman–Crippen MR) is 97.5 cm³/mol. The van der Waals surface area contributed by atoms with Crippen LogP contribution in [0, 0.1) is 0 Å². The van der Waals surface area contributed by atoms with Crippen molar-refractivity contribution in [1.29, 1.82) is 0 Å². The summed E-state index contributed by atoms with van der Waals surface area (Å²) < 4.78 is 11.8. The number of benzene rings is 2. The largest absolute Gasteiger partial charge is 0.343 e. The van der Waals surface area contributed by atoms with Gasteiger partial charge in [-0.3, -0.25) is 4.79 Å². The number of anilines is 1. The van der Waals surface area contributed by atoms with Gasteiger partial charge in [-0.15, -0.1) is 0 Å². The van der Waals surface area contributed by atoms with Gasteiger partial charge in [-0.2, -0.15) is 0 Å². The van der Waals surface area contributed by atoms with E-state index in [0.29, 0.717) is 17.4 Å². The Balaban J connectivity index is 1.53. The number of thioether (sulfide) groups is 1. The Bertz CT molecular complexity index is 712. The molecule has 126 valence electrons. The summed E-state index contributed by atoms with van der Waals surface area (Å²) in [7, 11) is 0. The zero-order chi connectivity index (χ0) is 17.0. The highest BCUT2D eigenvalue weighted by Crippen LogP contribution is 2.38. The molecule has 1 saturated heterocycles. The standard InChI is InChI=1S/C18H18ClNO3S/c1-18(15-9-5-6-10-16(15)19)22-11-14(23-18)12-24-17(21)20-13-7-3-2-4-8-13/h2-10,14H,11-12H2,1H3,(H,20,21)/t14-,18-/m1/s1. The number of halogens is 1. The van der Waals surface area contributed by atoms with E-state index in [0.717, 1.165) is 11.3 Å². The van der Waals surface area contributed by atoms with Crippen LogP contribution in [0.15, 0.2) is 54.6 Å². The van der Waals surface area contributed by atoms with Crippen molar-refractivity contribution in [1.82, 2.24) is 0 Å². The smallest absolute Gasteiger partial charge is 0.283 e. The third kappa shape index (κ3) is 4.11. The van der Waals surface area contributed by atoms with Crippen LogP contribution >= 0.6 is 23.4 Å². The number of para-hydroxylation sites is 1. The lowest BCUT2D eigenvalue weighted by Crippen LogP contribution is -2.25. The Kier molecular flexibility index (Phi) is 5.46. The van der Waals surface area contributed by atoms with Gasteiger partial charge in [-0.25, -0.2) is 0 Å². The van der Waals surface area contributed by atoms with Gasteiger partial charge >= 0.3 is 0 Å². The first-order chi connectivity index (χ1) is 11.6. The first kappa shape index (κ1) is 17.3. The zero-order valence-corrected chi connectivity index (χ0v) is 14.8. The number of hydrogen-bond donors (Lipinski definition) is 1. The van der Waals surface area contributed by atoms with Crippen LogP contribution in [0.5, 0.6) is 0 Å². The van der Waals surface area contributed by atoms with Crippen LogP contribution < -0.4 is 5.32 Å². The van der Waals surface area contributed by atoms with Crippen molar-refractivity contribution in [2.75, 3.05) is 17.7 Å². The summed E-state index contributed by atoms with van der Waals surface area (Å²) in [6, 6.07) is 16.8. The highest BCUT2D eigenvalue weighted by Gasteiger charge is 2.40. The van der Waals surface area contributed by atoms with Crippen molar-refractivity contribution in [2.24, 2.45) is 0 Å². The number of hydrogen-bond acceptors (Lipinski definition) is 4. The summed E-state index contributed by atoms with van der Waals surface area (Å²) in [5.41, 5.74) is 1.58. The molecule has 0 unspecified atom stereocenters. The van der Waals surface area contributed by atoms with Crippen molar-refractivity contribution in [3.8, 4) is 0 Å². The molecule has 0 radical (unpaired) electrons. The molecule has 0 aromatic heterocycles. The van der Waals surface area contributed by atoms with E-state index >= 15 is 0 Å². The second-order valence-electron chi connectivity index (χ2n) is 5.57. The fourth-order valence-electron chi connectivity index (χ4n) is 2.53. The van der Waals surface area contributed by atoms with E-state index in [1.807, 2.05) is 61.5 Å². The SMILES string of the molecule is C[C@@]1(c2ccccc2Cl)OC[C@H](CSC(=O)Nc2ccccc2)O1. The van der Waals surface area contributed by atoms with E-state index in [1.165, 1.54) is 11.8 Å². The van der Waals surface area contributed by atoms with E-state index in [9.17, 15) is 4.79 Å². The van der Waals surface area contributed by atoms with Gasteiger partial charge < -0.3 is 14.8 Å². The maximum absolute atomic E-state index is 12.0. The normalized spacial score (nSPS) is 23.2. The zero-order valence-electron chi connectivity index (χ0n) is 13.2. The molecule has 2 aromatic rings. The fraction of sp³-hybridized carbons (Fsp3) is 0.278. The molecule has 4 nitrogen and oxygen atoms in total. The van der Waals surface area contributed by atoms with Crippen LogP contribution in [0.2, 0.25) is 5.02 Å². The van der Waals surface area contributed by atoms with Crippen LogP contribution in [-0.2, 0) is 15.3 Å². The first-order valence-corrected chi connectivity index (χ1v) is 8.99. The van der Waals surface area contributed by atoms with Crippen LogP contribution in [0.25, 0.3) is 0 Å². The van der Waals surface area contributed by atoms with Crippen molar-refractivity contribution >= 4 is 34.3 Å². The molecule has 2 atom stereocenters. The Morgan fingerprint density at radius 1 is 1.25 bits per heavy atom. The molecule has 1 amide bonds. The lowest BCUT2D eigenvalue weighted by atomic mass is 10.1. The highest BCUT2D eigenvalue weighted by molar-refractivity contribution is 8.13. The maximum Gasteiger partial charge on any atom is 0.283 e. The predicted octanol–water partition coefficient (Wildman–Crippen LogP) is 4.89. The van der Waals surface area contributed by atoms with Crippen molar-refractivity contribution in [3.05, 3.63) is 65.2 Å².